The molecule has 4 nitrogen and oxygen atoms in total. The average molecular weight is 379 g/mol. The number of carbonyl (C=O) groups is 2. The third kappa shape index (κ3) is 5.00. The van der Waals surface area contributed by atoms with Crippen molar-refractivity contribution in [3.63, 3.8) is 0 Å². The minimum Gasteiger partial charge on any atom is -0.352 e. The first-order chi connectivity index (χ1) is 13.3. The molecule has 0 heterocycles. The van der Waals surface area contributed by atoms with Crippen LogP contribution < -0.4 is 10.6 Å². The zero-order valence-corrected chi connectivity index (χ0v) is 17.0. The lowest BCUT2D eigenvalue weighted by molar-refractivity contribution is -0.121. The quantitative estimate of drug-likeness (QED) is 0.815. The summed E-state index contributed by atoms with van der Waals surface area (Å²) in [5.74, 6) is -0.165. The van der Waals surface area contributed by atoms with E-state index in [-0.39, 0.29) is 29.7 Å². The lowest BCUT2D eigenvalue weighted by atomic mass is 9.87. The van der Waals surface area contributed by atoms with E-state index in [0.29, 0.717) is 12.1 Å². The maximum Gasteiger partial charge on any atom is 0.251 e. The van der Waals surface area contributed by atoms with Gasteiger partial charge in [-0.05, 0) is 53.5 Å². The molecule has 0 aromatic heterocycles. The van der Waals surface area contributed by atoms with E-state index in [0.717, 1.165) is 19.3 Å². The summed E-state index contributed by atoms with van der Waals surface area (Å²) < 4.78 is 0. The summed E-state index contributed by atoms with van der Waals surface area (Å²) in [5, 5.41) is 5.97. The summed E-state index contributed by atoms with van der Waals surface area (Å²) in [5.41, 5.74) is 4.42. The first-order valence-electron chi connectivity index (χ1n) is 10.1. The van der Waals surface area contributed by atoms with Crippen LogP contribution in [0.15, 0.2) is 48.5 Å². The van der Waals surface area contributed by atoms with Crippen molar-refractivity contribution < 1.29 is 9.59 Å². The summed E-state index contributed by atoms with van der Waals surface area (Å²) in [7, 11) is 0. The molecule has 148 valence electrons. The van der Waals surface area contributed by atoms with Crippen LogP contribution >= 0.6 is 0 Å². The van der Waals surface area contributed by atoms with Gasteiger partial charge in [-0.15, -0.1) is 0 Å². The molecule has 0 bridgehead atoms. The molecule has 1 aliphatic carbocycles. The molecular weight excluding hydrogens is 348 g/mol. The van der Waals surface area contributed by atoms with Gasteiger partial charge in [0.05, 0.1) is 6.04 Å². The topological polar surface area (TPSA) is 58.2 Å². The van der Waals surface area contributed by atoms with Crippen LogP contribution in [0, 0.1) is 0 Å². The Hall–Kier alpha value is -2.62. The zero-order valence-electron chi connectivity index (χ0n) is 17.0. The van der Waals surface area contributed by atoms with Crippen LogP contribution in [0.2, 0.25) is 0 Å². The standard InChI is InChI=1S/C24H30N2O2/c1-24(2,3)19-13-11-18(12-14-19)23(28)25-16-15-22(27)26-21-10-6-8-17-7-4-5-9-20(17)21/h4-5,7,9,11-14,21H,6,8,10,15-16H2,1-3H3,(H,25,28)(H,26,27)/t21-/m0/s1. The maximum absolute atomic E-state index is 12.3. The fourth-order valence-corrected chi connectivity index (χ4v) is 3.68. The normalized spacial score (nSPS) is 16.2. The summed E-state index contributed by atoms with van der Waals surface area (Å²) in [6, 6.07) is 16.1. The molecule has 2 amide bonds. The summed E-state index contributed by atoms with van der Waals surface area (Å²) in [6.07, 6.45) is 3.41. The predicted octanol–water partition coefficient (Wildman–Crippen LogP) is 4.30. The second-order valence-electron chi connectivity index (χ2n) is 8.54. The Labute approximate surface area is 167 Å². The second kappa shape index (κ2) is 8.59. The van der Waals surface area contributed by atoms with Gasteiger partial charge in [-0.1, -0.05) is 57.2 Å². The molecular formula is C24H30N2O2. The highest BCUT2D eigenvalue weighted by atomic mass is 16.2. The van der Waals surface area contributed by atoms with Crippen molar-refractivity contribution in [1.82, 2.24) is 10.6 Å². The van der Waals surface area contributed by atoms with E-state index in [4.69, 9.17) is 0 Å². The van der Waals surface area contributed by atoms with Gasteiger partial charge in [-0.2, -0.15) is 0 Å². The van der Waals surface area contributed by atoms with Gasteiger partial charge >= 0.3 is 0 Å². The SMILES string of the molecule is CC(C)(C)c1ccc(C(=O)NCCC(=O)N[C@H]2CCCc3ccccc32)cc1. The number of hydrogen-bond donors (Lipinski definition) is 2. The Kier molecular flexibility index (Phi) is 6.18. The van der Waals surface area contributed by atoms with E-state index >= 15 is 0 Å². The summed E-state index contributed by atoms with van der Waals surface area (Å²) in [6.45, 7) is 6.77. The highest BCUT2D eigenvalue weighted by molar-refractivity contribution is 5.94. The lowest BCUT2D eigenvalue weighted by Gasteiger charge is -2.26. The van der Waals surface area contributed by atoms with Gasteiger partial charge in [-0.3, -0.25) is 9.59 Å². The third-order valence-electron chi connectivity index (χ3n) is 5.36. The van der Waals surface area contributed by atoms with E-state index in [1.54, 1.807) is 0 Å². The second-order valence-corrected chi connectivity index (χ2v) is 8.54. The molecule has 0 aliphatic heterocycles. The molecule has 1 aliphatic rings. The van der Waals surface area contributed by atoms with Crippen molar-refractivity contribution >= 4 is 11.8 Å². The number of aryl methyl sites for hydroxylation is 1. The number of rotatable bonds is 5. The van der Waals surface area contributed by atoms with Gasteiger partial charge in [0.1, 0.15) is 0 Å². The molecule has 28 heavy (non-hydrogen) atoms. The fourth-order valence-electron chi connectivity index (χ4n) is 3.68. The molecule has 0 radical (unpaired) electrons. The first-order valence-corrected chi connectivity index (χ1v) is 10.1. The van der Waals surface area contributed by atoms with Crippen LogP contribution in [0.3, 0.4) is 0 Å². The molecule has 4 heteroatoms. The van der Waals surface area contributed by atoms with Crippen LogP contribution in [0.4, 0.5) is 0 Å². The Morgan fingerprint density at radius 3 is 2.46 bits per heavy atom. The number of fused-ring (bicyclic) bond motifs is 1. The molecule has 0 saturated carbocycles. The van der Waals surface area contributed by atoms with Crippen LogP contribution in [0.25, 0.3) is 0 Å². The van der Waals surface area contributed by atoms with Gasteiger partial charge in [0.25, 0.3) is 5.91 Å². The highest BCUT2D eigenvalue weighted by Crippen LogP contribution is 2.29. The minimum atomic E-state index is -0.142. The first kappa shape index (κ1) is 20.1. The predicted molar refractivity (Wildman–Crippen MR) is 112 cm³/mol. The van der Waals surface area contributed by atoms with E-state index < -0.39 is 0 Å². The van der Waals surface area contributed by atoms with Crippen molar-refractivity contribution in [2.24, 2.45) is 0 Å². The maximum atomic E-state index is 12.3. The van der Waals surface area contributed by atoms with Crippen LogP contribution in [-0.2, 0) is 16.6 Å². The molecule has 0 saturated heterocycles. The molecule has 1 atom stereocenters. The van der Waals surface area contributed by atoms with Gasteiger partial charge < -0.3 is 10.6 Å². The van der Waals surface area contributed by atoms with E-state index in [9.17, 15) is 9.59 Å². The molecule has 0 unspecified atom stereocenters. The molecule has 2 N–H and O–H groups in total. The number of nitrogens with one attached hydrogen (secondary N) is 2. The van der Waals surface area contributed by atoms with Gasteiger partial charge in [0.2, 0.25) is 5.91 Å². The lowest BCUT2D eigenvalue weighted by Crippen LogP contribution is -2.34. The largest absolute Gasteiger partial charge is 0.352 e. The van der Waals surface area contributed by atoms with Crippen molar-refractivity contribution in [2.75, 3.05) is 6.54 Å². The van der Waals surface area contributed by atoms with E-state index in [1.165, 1.54) is 16.7 Å². The Morgan fingerprint density at radius 2 is 1.75 bits per heavy atom. The number of hydrogen-bond acceptors (Lipinski definition) is 2. The zero-order chi connectivity index (χ0) is 20.1. The van der Waals surface area contributed by atoms with E-state index in [1.807, 2.05) is 36.4 Å². The number of benzene rings is 2. The highest BCUT2D eigenvalue weighted by Gasteiger charge is 2.21. The van der Waals surface area contributed by atoms with Crippen LogP contribution in [0.5, 0.6) is 0 Å². The third-order valence-corrected chi connectivity index (χ3v) is 5.36. The molecule has 3 rings (SSSR count). The smallest absolute Gasteiger partial charge is 0.251 e. The minimum absolute atomic E-state index is 0.0231. The summed E-state index contributed by atoms with van der Waals surface area (Å²) >= 11 is 0. The molecule has 0 fully saturated rings. The molecule has 2 aromatic rings. The van der Waals surface area contributed by atoms with Crippen molar-refractivity contribution in [2.45, 2.75) is 57.9 Å². The van der Waals surface area contributed by atoms with Crippen LogP contribution in [0.1, 0.15) is 73.1 Å². The van der Waals surface area contributed by atoms with Gasteiger partial charge in [0.15, 0.2) is 0 Å². The van der Waals surface area contributed by atoms with Gasteiger partial charge in [-0.25, -0.2) is 0 Å². The van der Waals surface area contributed by atoms with Crippen molar-refractivity contribution in [3.8, 4) is 0 Å². The average Bonchev–Trinajstić information content (AvgIpc) is 2.67. The Bertz CT molecular complexity index is 834. The van der Waals surface area contributed by atoms with Crippen molar-refractivity contribution in [1.29, 1.82) is 0 Å². The molecule has 2 aromatic carbocycles. The number of amides is 2. The van der Waals surface area contributed by atoms with Crippen molar-refractivity contribution in [3.05, 3.63) is 70.8 Å². The molecule has 0 spiro atoms. The number of carbonyl (C=O) groups excluding carboxylic acids is 2. The van der Waals surface area contributed by atoms with Gasteiger partial charge in [0, 0.05) is 18.5 Å². The summed E-state index contributed by atoms with van der Waals surface area (Å²) in [4.78, 5) is 24.6. The van der Waals surface area contributed by atoms with Crippen LogP contribution in [-0.4, -0.2) is 18.4 Å². The Morgan fingerprint density at radius 1 is 1.04 bits per heavy atom. The fraction of sp³-hybridized carbons (Fsp3) is 0.417. The Balaban J connectivity index is 1.47. The van der Waals surface area contributed by atoms with E-state index in [2.05, 4.69) is 43.5 Å². The monoisotopic (exact) mass is 378 g/mol.